The lowest BCUT2D eigenvalue weighted by molar-refractivity contribution is -0.121. The summed E-state index contributed by atoms with van der Waals surface area (Å²) >= 11 is 0. The molecule has 0 aromatic heterocycles. The molecule has 148 valence electrons. The van der Waals surface area contributed by atoms with E-state index in [0.717, 1.165) is 19.3 Å². The molecule has 2 N–H and O–H groups in total. The molecule has 1 aliphatic heterocycles. The van der Waals surface area contributed by atoms with Crippen molar-refractivity contribution >= 4 is 17.6 Å². The molecule has 6 heteroatoms. The summed E-state index contributed by atoms with van der Waals surface area (Å²) < 4.78 is 0. The first-order valence-electron chi connectivity index (χ1n) is 9.82. The highest BCUT2D eigenvalue weighted by Crippen LogP contribution is 2.12. The van der Waals surface area contributed by atoms with Crippen LogP contribution in [-0.4, -0.2) is 29.8 Å². The van der Waals surface area contributed by atoms with Crippen LogP contribution in [0, 0.1) is 5.92 Å². The van der Waals surface area contributed by atoms with E-state index in [1.807, 2.05) is 45.0 Å². The maximum atomic E-state index is 12.6. The molecule has 0 radical (unpaired) electrons. The lowest BCUT2D eigenvalue weighted by Crippen LogP contribution is -2.49. The second kappa shape index (κ2) is 10.1. The van der Waals surface area contributed by atoms with Crippen molar-refractivity contribution in [3.05, 3.63) is 35.4 Å². The summed E-state index contributed by atoms with van der Waals surface area (Å²) in [6.45, 7) is 8.09. The number of oxime groups is 1. The molecule has 2 atom stereocenters. The number of amides is 2. The van der Waals surface area contributed by atoms with E-state index in [1.165, 1.54) is 5.56 Å². The van der Waals surface area contributed by atoms with Gasteiger partial charge in [0.1, 0.15) is 12.1 Å². The van der Waals surface area contributed by atoms with E-state index in [9.17, 15) is 9.59 Å². The average Bonchev–Trinajstić information content (AvgIpc) is 3.04. The Balaban J connectivity index is 1.99. The molecule has 0 aliphatic carbocycles. The predicted octanol–water partition coefficient (Wildman–Crippen LogP) is 3.41. The normalized spacial score (nSPS) is 17.2. The first kappa shape index (κ1) is 20.9. The Bertz CT molecular complexity index is 668. The van der Waals surface area contributed by atoms with Gasteiger partial charge >= 0.3 is 0 Å². The molecule has 2 rings (SSSR count). The highest BCUT2D eigenvalue weighted by atomic mass is 16.6. The number of hydrogen-bond acceptors (Lipinski definition) is 4. The third-order valence-electron chi connectivity index (χ3n) is 4.46. The molecule has 0 saturated heterocycles. The van der Waals surface area contributed by atoms with Crippen LogP contribution in [0.5, 0.6) is 0 Å². The fraction of sp³-hybridized carbons (Fsp3) is 0.571. The van der Waals surface area contributed by atoms with Gasteiger partial charge in [0.15, 0.2) is 5.84 Å². The zero-order valence-electron chi connectivity index (χ0n) is 16.7. The van der Waals surface area contributed by atoms with Gasteiger partial charge in [0.25, 0.3) is 5.91 Å². The van der Waals surface area contributed by atoms with Crippen LogP contribution in [0.2, 0.25) is 0 Å². The molecule has 1 heterocycles. The Hall–Kier alpha value is -2.37. The molecule has 0 spiro atoms. The van der Waals surface area contributed by atoms with Crippen molar-refractivity contribution in [3.8, 4) is 0 Å². The Morgan fingerprint density at radius 1 is 1.26 bits per heavy atom. The summed E-state index contributed by atoms with van der Waals surface area (Å²) in [6.07, 6.45) is 4.37. The molecule has 0 saturated carbocycles. The van der Waals surface area contributed by atoms with Gasteiger partial charge in [0.2, 0.25) is 5.91 Å². The van der Waals surface area contributed by atoms with Crippen LogP contribution in [0.3, 0.4) is 0 Å². The summed E-state index contributed by atoms with van der Waals surface area (Å²) in [4.78, 5) is 30.3. The monoisotopic (exact) mass is 373 g/mol. The Kier molecular flexibility index (Phi) is 7.82. The Morgan fingerprint density at radius 2 is 1.96 bits per heavy atom. The maximum Gasteiger partial charge on any atom is 0.251 e. The van der Waals surface area contributed by atoms with E-state index >= 15 is 0 Å². The fourth-order valence-corrected chi connectivity index (χ4v) is 2.95. The van der Waals surface area contributed by atoms with E-state index in [-0.39, 0.29) is 23.8 Å². The van der Waals surface area contributed by atoms with Crippen LogP contribution in [0.25, 0.3) is 0 Å². The first-order chi connectivity index (χ1) is 12.9. The van der Waals surface area contributed by atoms with Crippen molar-refractivity contribution in [2.45, 2.75) is 71.9 Å². The minimum atomic E-state index is -0.615. The zero-order valence-corrected chi connectivity index (χ0v) is 16.7. The van der Waals surface area contributed by atoms with Crippen LogP contribution in [0.4, 0.5) is 0 Å². The van der Waals surface area contributed by atoms with Gasteiger partial charge in [0, 0.05) is 12.0 Å². The molecule has 6 nitrogen and oxygen atoms in total. The molecule has 0 bridgehead atoms. The smallest absolute Gasteiger partial charge is 0.251 e. The number of carbonyl (C=O) groups excluding carboxylic acids is 2. The lowest BCUT2D eigenvalue weighted by atomic mass is 10.0. The topological polar surface area (TPSA) is 79.8 Å². The molecule has 27 heavy (non-hydrogen) atoms. The predicted molar refractivity (Wildman–Crippen MR) is 107 cm³/mol. The molecular formula is C21H31N3O3. The standard InChI is InChI=1S/C21H31N3O3/c1-5-6-7-16-8-10-17(11-9-16)20(25)22-18(12-14(2)3)21(26)23-19-13-15(4)27-24-19/h8-11,14-15,18H,5-7,12-13H2,1-4H3,(H,22,25)(H,23,24,26). The van der Waals surface area contributed by atoms with E-state index in [4.69, 9.17) is 4.84 Å². The van der Waals surface area contributed by atoms with Crippen molar-refractivity contribution in [2.75, 3.05) is 0 Å². The largest absolute Gasteiger partial charge is 0.391 e. The van der Waals surface area contributed by atoms with Crippen molar-refractivity contribution in [1.29, 1.82) is 0 Å². The molecular weight excluding hydrogens is 342 g/mol. The number of rotatable bonds is 8. The first-order valence-corrected chi connectivity index (χ1v) is 9.82. The van der Waals surface area contributed by atoms with Gasteiger partial charge in [-0.2, -0.15) is 0 Å². The third-order valence-corrected chi connectivity index (χ3v) is 4.46. The number of benzene rings is 1. The molecule has 1 aromatic carbocycles. The van der Waals surface area contributed by atoms with E-state index in [0.29, 0.717) is 24.2 Å². The van der Waals surface area contributed by atoms with Gasteiger partial charge in [0.05, 0.1) is 0 Å². The van der Waals surface area contributed by atoms with Crippen molar-refractivity contribution in [1.82, 2.24) is 10.6 Å². The quantitative estimate of drug-likeness (QED) is 0.733. The minimum absolute atomic E-state index is 0.0373. The Labute approximate surface area is 161 Å². The number of aryl methyl sites for hydroxylation is 1. The van der Waals surface area contributed by atoms with E-state index < -0.39 is 6.04 Å². The molecule has 1 aliphatic rings. The van der Waals surface area contributed by atoms with Gasteiger partial charge in [-0.1, -0.05) is 44.5 Å². The maximum absolute atomic E-state index is 12.6. The van der Waals surface area contributed by atoms with Gasteiger partial charge in [-0.3, -0.25) is 9.59 Å². The number of amidine groups is 1. The fourth-order valence-electron chi connectivity index (χ4n) is 2.95. The highest BCUT2D eigenvalue weighted by molar-refractivity contribution is 6.03. The third kappa shape index (κ3) is 6.70. The summed E-state index contributed by atoms with van der Waals surface area (Å²) in [7, 11) is 0. The van der Waals surface area contributed by atoms with Crippen molar-refractivity contribution in [3.63, 3.8) is 0 Å². The number of nitrogens with one attached hydrogen (secondary N) is 2. The number of unbranched alkanes of at least 4 members (excludes halogenated alkanes) is 1. The SMILES string of the molecule is CCCCc1ccc(C(=O)NC(CC(C)C)C(=O)NC2=NOC(C)C2)cc1. The summed E-state index contributed by atoms with van der Waals surface area (Å²) in [5, 5.41) is 9.50. The Morgan fingerprint density at radius 3 is 2.52 bits per heavy atom. The summed E-state index contributed by atoms with van der Waals surface area (Å²) in [5.74, 6) is 0.276. The van der Waals surface area contributed by atoms with Crippen LogP contribution in [0.1, 0.15) is 69.3 Å². The van der Waals surface area contributed by atoms with E-state index in [1.54, 1.807) is 0 Å². The number of carbonyl (C=O) groups is 2. The van der Waals surface area contributed by atoms with Crippen LogP contribution >= 0.6 is 0 Å². The zero-order chi connectivity index (χ0) is 19.8. The number of hydrogen-bond donors (Lipinski definition) is 2. The van der Waals surface area contributed by atoms with Gasteiger partial charge < -0.3 is 15.5 Å². The highest BCUT2D eigenvalue weighted by Gasteiger charge is 2.26. The van der Waals surface area contributed by atoms with Crippen molar-refractivity contribution in [2.24, 2.45) is 11.1 Å². The molecule has 2 amide bonds. The van der Waals surface area contributed by atoms with Gasteiger partial charge in [-0.05, 0) is 49.8 Å². The summed E-state index contributed by atoms with van der Waals surface area (Å²) in [5.41, 5.74) is 1.78. The minimum Gasteiger partial charge on any atom is -0.391 e. The molecule has 1 aromatic rings. The second-order valence-electron chi connectivity index (χ2n) is 7.60. The lowest BCUT2D eigenvalue weighted by Gasteiger charge is -2.20. The van der Waals surface area contributed by atoms with Gasteiger partial charge in [-0.25, -0.2) is 0 Å². The summed E-state index contributed by atoms with van der Waals surface area (Å²) in [6, 6.07) is 6.99. The van der Waals surface area contributed by atoms with E-state index in [2.05, 4.69) is 22.7 Å². The molecule has 0 fully saturated rings. The number of nitrogens with zero attached hydrogens (tertiary/aromatic N) is 1. The van der Waals surface area contributed by atoms with Crippen molar-refractivity contribution < 1.29 is 14.4 Å². The van der Waals surface area contributed by atoms with Crippen LogP contribution < -0.4 is 10.6 Å². The van der Waals surface area contributed by atoms with Crippen LogP contribution in [-0.2, 0) is 16.1 Å². The second-order valence-corrected chi connectivity index (χ2v) is 7.60. The molecule has 2 unspecified atom stereocenters. The average molecular weight is 373 g/mol. The van der Waals surface area contributed by atoms with Gasteiger partial charge in [-0.15, -0.1) is 0 Å². The van der Waals surface area contributed by atoms with Crippen LogP contribution in [0.15, 0.2) is 29.4 Å².